The van der Waals surface area contributed by atoms with Gasteiger partial charge in [0, 0.05) is 7.05 Å². The Morgan fingerprint density at radius 3 is 2.60 bits per heavy atom. The van der Waals surface area contributed by atoms with Crippen molar-refractivity contribution in [2.75, 3.05) is 12.8 Å². The highest BCUT2D eigenvalue weighted by atomic mass is 35.5. The summed E-state index contributed by atoms with van der Waals surface area (Å²) >= 11 is 0. The van der Waals surface area contributed by atoms with Gasteiger partial charge >= 0.3 is 0 Å². The van der Waals surface area contributed by atoms with Gasteiger partial charge in [0.05, 0.1) is 25.7 Å². The maximum Gasteiger partial charge on any atom is 0.256 e. The minimum Gasteiger partial charge on any atom is -0.478 e. The summed E-state index contributed by atoms with van der Waals surface area (Å²) in [6.07, 6.45) is 5.23. The van der Waals surface area contributed by atoms with Crippen LogP contribution in [0.25, 0.3) is 5.69 Å². The van der Waals surface area contributed by atoms with E-state index in [9.17, 15) is 0 Å². The van der Waals surface area contributed by atoms with Gasteiger partial charge in [0.15, 0.2) is 0 Å². The Morgan fingerprint density at radius 2 is 2.13 bits per heavy atom. The van der Waals surface area contributed by atoms with Gasteiger partial charge in [-0.1, -0.05) is 0 Å². The van der Waals surface area contributed by atoms with Crippen molar-refractivity contribution >= 4 is 18.1 Å². The molecule has 82 valence electrons. The van der Waals surface area contributed by atoms with Crippen LogP contribution >= 0.6 is 12.4 Å². The fourth-order valence-corrected chi connectivity index (χ4v) is 1.19. The summed E-state index contributed by atoms with van der Waals surface area (Å²) < 4.78 is 8.29. The third-order valence-corrected chi connectivity index (χ3v) is 1.86. The van der Waals surface area contributed by atoms with Crippen molar-refractivity contribution in [3.8, 4) is 11.6 Å². The largest absolute Gasteiger partial charge is 0.478 e. The van der Waals surface area contributed by atoms with E-state index in [2.05, 4.69) is 10.2 Å². The Morgan fingerprint density at radius 1 is 1.40 bits per heavy atom. The first-order valence-electron chi connectivity index (χ1n) is 4.09. The number of anilines is 1. The molecule has 0 aliphatic heterocycles. The smallest absolute Gasteiger partial charge is 0.256 e. The van der Waals surface area contributed by atoms with E-state index in [0.29, 0.717) is 11.6 Å². The molecule has 15 heavy (non-hydrogen) atoms. The molecule has 6 nitrogen and oxygen atoms in total. The molecule has 2 heterocycles. The SMILES string of the molecule is COc1nn(-c2cnn(C)c2)cc1N.Cl. The molecule has 0 aromatic carbocycles. The molecule has 0 bridgehead atoms. The molecule has 0 aliphatic rings. The zero-order chi connectivity index (χ0) is 10.1. The van der Waals surface area contributed by atoms with Gasteiger partial charge < -0.3 is 10.5 Å². The molecule has 2 aromatic rings. The summed E-state index contributed by atoms with van der Waals surface area (Å²) in [4.78, 5) is 0. The van der Waals surface area contributed by atoms with Gasteiger partial charge in [-0.3, -0.25) is 4.68 Å². The lowest BCUT2D eigenvalue weighted by molar-refractivity contribution is 0.396. The Kier molecular flexibility index (Phi) is 3.21. The Hall–Kier alpha value is -1.69. The van der Waals surface area contributed by atoms with E-state index in [0.717, 1.165) is 5.69 Å². The second-order valence-electron chi connectivity index (χ2n) is 2.91. The van der Waals surface area contributed by atoms with E-state index in [1.54, 1.807) is 21.8 Å². The van der Waals surface area contributed by atoms with E-state index < -0.39 is 0 Å². The molecule has 2 N–H and O–H groups in total. The maximum atomic E-state index is 5.66. The molecular formula is C8H12ClN5O. The number of hydrogen-bond donors (Lipinski definition) is 1. The van der Waals surface area contributed by atoms with E-state index >= 15 is 0 Å². The fraction of sp³-hybridized carbons (Fsp3) is 0.250. The molecule has 0 saturated heterocycles. The number of methoxy groups -OCH3 is 1. The van der Waals surface area contributed by atoms with Gasteiger partial charge in [-0.05, 0) is 0 Å². The van der Waals surface area contributed by atoms with Crippen LogP contribution in [-0.4, -0.2) is 26.7 Å². The molecular weight excluding hydrogens is 218 g/mol. The third-order valence-electron chi connectivity index (χ3n) is 1.86. The lowest BCUT2D eigenvalue weighted by Crippen LogP contribution is -1.93. The van der Waals surface area contributed by atoms with Crippen LogP contribution < -0.4 is 10.5 Å². The minimum atomic E-state index is 0. The van der Waals surface area contributed by atoms with Crippen molar-refractivity contribution in [1.29, 1.82) is 0 Å². The second kappa shape index (κ2) is 4.22. The number of nitrogens with two attached hydrogens (primary N) is 1. The zero-order valence-corrected chi connectivity index (χ0v) is 9.23. The van der Waals surface area contributed by atoms with Crippen molar-refractivity contribution < 1.29 is 4.74 Å². The number of ether oxygens (including phenoxy) is 1. The third kappa shape index (κ3) is 2.04. The van der Waals surface area contributed by atoms with E-state index in [1.807, 2.05) is 13.2 Å². The van der Waals surface area contributed by atoms with Crippen LogP contribution in [0.5, 0.6) is 5.88 Å². The number of aromatic nitrogens is 4. The number of nitrogen functional groups attached to an aromatic ring is 1. The first kappa shape index (κ1) is 11.4. The van der Waals surface area contributed by atoms with E-state index in [-0.39, 0.29) is 12.4 Å². The first-order valence-corrected chi connectivity index (χ1v) is 4.09. The summed E-state index contributed by atoms with van der Waals surface area (Å²) in [6.45, 7) is 0. The monoisotopic (exact) mass is 229 g/mol. The van der Waals surface area contributed by atoms with Crippen LogP contribution in [0, 0.1) is 0 Å². The molecule has 7 heteroatoms. The summed E-state index contributed by atoms with van der Waals surface area (Å²) in [6, 6.07) is 0. The van der Waals surface area contributed by atoms with E-state index in [4.69, 9.17) is 10.5 Å². The summed E-state index contributed by atoms with van der Waals surface area (Å²) in [7, 11) is 3.37. The van der Waals surface area contributed by atoms with Gasteiger partial charge in [0.1, 0.15) is 11.4 Å². The van der Waals surface area contributed by atoms with Crippen molar-refractivity contribution in [3.63, 3.8) is 0 Å². The van der Waals surface area contributed by atoms with Gasteiger partial charge in [-0.15, -0.1) is 17.5 Å². The topological polar surface area (TPSA) is 70.9 Å². The molecule has 2 aromatic heterocycles. The molecule has 0 saturated carbocycles. The van der Waals surface area contributed by atoms with Crippen LogP contribution in [0.2, 0.25) is 0 Å². The van der Waals surface area contributed by atoms with Gasteiger partial charge in [-0.25, -0.2) is 4.68 Å². The van der Waals surface area contributed by atoms with Crippen molar-refractivity contribution in [3.05, 3.63) is 18.6 Å². The summed E-state index contributed by atoms with van der Waals surface area (Å²) in [5.74, 6) is 0.425. The fourth-order valence-electron chi connectivity index (χ4n) is 1.19. The van der Waals surface area contributed by atoms with Gasteiger partial charge in [0.2, 0.25) is 0 Å². The molecule has 2 rings (SSSR count). The number of rotatable bonds is 2. The number of nitrogens with zero attached hydrogens (tertiary/aromatic N) is 4. The number of hydrogen-bond acceptors (Lipinski definition) is 4. The quantitative estimate of drug-likeness (QED) is 0.820. The molecule has 0 spiro atoms. The Bertz CT molecular complexity index is 450. The average molecular weight is 230 g/mol. The Labute approximate surface area is 93.0 Å². The van der Waals surface area contributed by atoms with Crippen LogP contribution in [0.4, 0.5) is 5.69 Å². The normalized spacial score (nSPS) is 9.73. The lowest BCUT2D eigenvalue weighted by atomic mass is 10.5. The van der Waals surface area contributed by atoms with Crippen LogP contribution in [-0.2, 0) is 7.05 Å². The molecule has 0 radical (unpaired) electrons. The highest BCUT2D eigenvalue weighted by Gasteiger charge is 2.07. The van der Waals surface area contributed by atoms with Gasteiger partial charge in [-0.2, -0.15) is 5.10 Å². The summed E-state index contributed by atoms with van der Waals surface area (Å²) in [5.41, 5.74) is 7.02. The maximum absolute atomic E-state index is 5.66. The molecule has 0 aliphatic carbocycles. The highest BCUT2D eigenvalue weighted by molar-refractivity contribution is 5.85. The molecule has 0 fully saturated rings. The van der Waals surface area contributed by atoms with Crippen LogP contribution in [0.15, 0.2) is 18.6 Å². The van der Waals surface area contributed by atoms with Gasteiger partial charge in [0.25, 0.3) is 5.88 Å². The van der Waals surface area contributed by atoms with Crippen LogP contribution in [0.3, 0.4) is 0 Å². The predicted molar refractivity (Wildman–Crippen MR) is 58.5 cm³/mol. The van der Waals surface area contributed by atoms with Crippen molar-refractivity contribution in [1.82, 2.24) is 19.6 Å². The van der Waals surface area contributed by atoms with E-state index in [1.165, 1.54) is 7.11 Å². The molecule has 0 amide bonds. The standard InChI is InChI=1S/C8H11N5O.ClH/c1-12-4-6(3-10-12)13-5-7(9)8(11-13)14-2;/h3-5H,9H2,1-2H3;1H. The van der Waals surface area contributed by atoms with Crippen molar-refractivity contribution in [2.24, 2.45) is 7.05 Å². The molecule has 0 unspecified atom stereocenters. The average Bonchev–Trinajstić information content (AvgIpc) is 2.71. The number of halogens is 1. The zero-order valence-electron chi connectivity index (χ0n) is 8.41. The number of aryl methyl sites for hydroxylation is 1. The Balaban J connectivity index is 0.00000112. The van der Waals surface area contributed by atoms with Crippen molar-refractivity contribution in [2.45, 2.75) is 0 Å². The van der Waals surface area contributed by atoms with Crippen LogP contribution in [0.1, 0.15) is 0 Å². The highest BCUT2D eigenvalue weighted by Crippen LogP contribution is 2.19. The predicted octanol–water partition coefficient (Wildman–Crippen LogP) is 0.618. The lowest BCUT2D eigenvalue weighted by Gasteiger charge is -1.93. The second-order valence-corrected chi connectivity index (χ2v) is 2.91. The first-order chi connectivity index (χ1) is 6.70. The molecule has 0 atom stereocenters. The minimum absolute atomic E-state index is 0. The summed E-state index contributed by atoms with van der Waals surface area (Å²) in [5, 5.41) is 8.16.